The van der Waals surface area contributed by atoms with Crippen LogP contribution in [0.25, 0.3) is 0 Å². The predicted molar refractivity (Wildman–Crippen MR) is 22.4 cm³/mol. The van der Waals surface area contributed by atoms with Crippen molar-refractivity contribution in [1.29, 1.82) is 0 Å². The number of rotatable bonds is 0. The SMILES string of the molecule is [CH2-]C(C)C.[F][Zr][F]. The molecule has 0 aromatic rings. The molecule has 7 heavy (non-hydrogen) atoms. The van der Waals surface area contributed by atoms with E-state index in [1.54, 1.807) is 0 Å². The summed E-state index contributed by atoms with van der Waals surface area (Å²) in [7, 11) is 0. The summed E-state index contributed by atoms with van der Waals surface area (Å²) in [6.45, 7) is 7.75. The number of hydrogen-bond donors (Lipinski definition) is 0. The minimum atomic E-state index is -2.77. The molecule has 3 heteroatoms. The molecule has 0 saturated carbocycles. The van der Waals surface area contributed by atoms with Crippen LogP contribution in [0.1, 0.15) is 13.8 Å². The van der Waals surface area contributed by atoms with Gasteiger partial charge in [-0.15, -0.1) is 0 Å². The zero-order chi connectivity index (χ0) is 6.28. The molecule has 0 rings (SSSR count). The monoisotopic (exact) mass is 185 g/mol. The van der Waals surface area contributed by atoms with Gasteiger partial charge < -0.3 is 6.92 Å². The van der Waals surface area contributed by atoms with E-state index >= 15 is 0 Å². The fourth-order valence-corrected chi connectivity index (χ4v) is 0. The van der Waals surface area contributed by atoms with Gasteiger partial charge in [0.1, 0.15) is 0 Å². The summed E-state index contributed by atoms with van der Waals surface area (Å²) in [6, 6.07) is 0. The Morgan fingerprint density at radius 2 is 1.43 bits per heavy atom. The Kier molecular flexibility index (Phi) is 15.1. The van der Waals surface area contributed by atoms with Crippen molar-refractivity contribution in [2.45, 2.75) is 13.8 Å². The topological polar surface area (TPSA) is 0 Å². The summed E-state index contributed by atoms with van der Waals surface area (Å²) < 4.78 is 19.6. The molecule has 0 aliphatic carbocycles. The van der Waals surface area contributed by atoms with Crippen LogP contribution in [0.4, 0.5) is 5.25 Å². The summed E-state index contributed by atoms with van der Waals surface area (Å²) in [5.41, 5.74) is 0. The molecule has 0 saturated heterocycles. The second-order valence-electron chi connectivity index (χ2n) is 1.47. The predicted octanol–water partition coefficient (Wildman–Crippen LogP) is 2.31. The molecule has 0 heterocycles. The van der Waals surface area contributed by atoms with Gasteiger partial charge in [-0.25, -0.2) is 0 Å². The fraction of sp³-hybridized carbons (Fsp3) is 0.750. The van der Waals surface area contributed by atoms with Crippen LogP contribution in [0.2, 0.25) is 0 Å². The first-order valence-corrected chi connectivity index (χ1v) is 3.80. The first-order valence-electron chi connectivity index (χ1n) is 1.94. The Hall–Kier alpha value is 0.743. The average Bonchev–Trinajstić information content (AvgIpc) is 1.33. The van der Waals surface area contributed by atoms with Crippen molar-refractivity contribution in [3.63, 3.8) is 0 Å². The summed E-state index contributed by atoms with van der Waals surface area (Å²) in [5, 5.41) is 0. The second kappa shape index (κ2) is 9.89. The van der Waals surface area contributed by atoms with Crippen LogP contribution in [0, 0.1) is 12.8 Å². The molecule has 0 radical (unpaired) electrons. The molecule has 0 amide bonds. The molecule has 0 aliphatic heterocycles. The Labute approximate surface area is 56.6 Å². The van der Waals surface area contributed by atoms with Gasteiger partial charge in [-0.3, -0.25) is 0 Å². The molecule has 0 N–H and O–H groups in total. The maximum absolute atomic E-state index is 9.80. The van der Waals surface area contributed by atoms with Crippen LogP contribution in [0.5, 0.6) is 0 Å². The molecule has 0 aliphatic rings. The molecule has 0 aromatic heterocycles. The molecule has 0 bridgehead atoms. The van der Waals surface area contributed by atoms with Crippen molar-refractivity contribution in [1.82, 2.24) is 0 Å². The summed E-state index contributed by atoms with van der Waals surface area (Å²) in [4.78, 5) is 0. The van der Waals surface area contributed by atoms with E-state index in [2.05, 4.69) is 20.8 Å². The standard InChI is InChI=1S/C4H9.2FH.Zr/c1-4(2)3;;;/h4H,1H2,2-3H3;2*1H;/q-1;;;+2/p-2. The van der Waals surface area contributed by atoms with Gasteiger partial charge >= 0.3 is 29.7 Å². The van der Waals surface area contributed by atoms with Crippen molar-refractivity contribution in [3.8, 4) is 0 Å². The van der Waals surface area contributed by atoms with E-state index in [0.29, 0.717) is 5.92 Å². The van der Waals surface area contributed by atoms with Crippen LogP contribution in [0.15, 0.2) is 0 Å². The summed E-state index contributed by atoms with van der Waals surface area (Å²) in [5.74, 6) is 0.583. The van der Waals surface area contributed by atoms with Crippen LogP contribution in [-0.4, -0.2) is 0 Å². The maximum atomic E-state index is 9.80. The van der Waals surface area contributed by atoms with Gasteiger partial charge in [0.15, 0.2) is 0 Å². The Morgan fingerprint density at radius 3 is 1.43 bits per heavy atom. The van der Waals surface area contributed by atoms with E-state index < -0.39 is 24.5 Å². The van der Waals surface area contributed by atoms with Gasteiger partial charge in [-0.05, 0) is 0 Å². The number of halogens is 2. The van der Waals surface area contributed by atoms with Crippen LogP contribution < -0.4 is 0 Å². The van der Waals surface area contributed by atoms with E-state index in [1.165, 1.54) is 0 Å². The van der Waals surface area contributed by atoms with Crippen molar-refractivity contribution < 1.29 is 29.7 Å². The Balaban J connectivity index is 0. The molecular weight excluding hydrogens is 177 g/mol. The first-order chi connectivity index (χ1) is 3.15. The van der Waals surface area contributed by atoms with E-state index in [-0.39, 0.29) is 0 Å². The number of hydrogen-bond acceptors (Lipinski definition) is 0. The Morgan fingerprint density at radius 1 is 1.43 bits per heavy atom. The van der Waals surface area contributed by atoms with E-state index in [1.807, 2.05) is 0 Å². The van der Waals surface area contributed by atoms with Crippen LogP contribution in [0.3, 0.4) is 0 Å². The minimum absolute atomic E-state index is 0.583. The molecule has 0 unspecified atom stereocenters. The molecule has 0 fully saturated rings. The molecule has 0 atom stereocenters. The quantitative estimate of drug-likeness (QED) is 0.509. The van der Waals surface area contributed by atoms with Gasteiger partial charge in [-0.1, -0.05) is 13.8 Å². The van der Waals surface area contributed by atoms with Gasteiger partial charge in [0.2, 0.25) is 0 Å². The van der Waals surface area contributed by atoms with Gasteiger partial charge in [0.25, 0.3) is 0 Å². The summed E-state index contributed by atoms with van der Waals surface area (Å²) in [6.07, 6.45) is 0. The van der Waals surface area contributed by atoms with Crippen LogP contribution >= 0.6 is 0 Å². The summed E-state index contributed by atoms with van der Waals surface area (Å²) >= 11 is -2.77. The van der Waals surface area contributed by atoms with Gasteiger partial charge in [0, 0.05) is 0 Å². The van der Waals surface area contributed by atoms with Crippen molar-refractivity contribution >= 4 is 0 Å². The van der Waals surface area contributed by atoms with Gasteiger partial charge in [-0.2, -0.15) is 5.92 Å². The second-order valence-corrected chi connectivity index (χ2v) is 1.82. The van der Waals surface area contributed by atoms with Crippen molar-refractivity contribution in [2.24, 2.45) is 5.92 Å². The normalized spacial score (nSPS) is 7.14. The third kappa shape index (κ3) is 275. The zero-order valence-electron chi connectivity index (χ0n) is 4.54. The van der Waals surface area contributed by atoms with E-state index in [4.69, 9.17) is 0 Å². The van der Waals surface area contributed by atoms with E-state index in [9.17, 15) is 5.25 Å². The van der Waals surface area contributed by atoms with Crippen molar-refractivity contribution in [3.05, 3.63) is 6.92 Å². The Bertz CT molecular complexity index is 20.9. The molecule has 0 aromatic carbocycles. The van der Waals surface area contributed by atoms with Gasteiger partial charge in [0.05, 0.1) is 0 Å². The zero-order valence-corrected chi connectivity index (χ0v) is 7.00. The molecular formula is C4H9F2Zr-. The van der Waals surface area contributed by atoms with Crippen LogP contribution in [-0.2, 0) is 24.5 Å². The molecule has 0 spiro atoms. The third-order valence-corrected chi connectivity index (χ3v) is 0. The fourth-order valence-electron chi connectivity index (χ4n) is 0. The third-order valence-electron chi connectivity index (χ3n) is 0. The van der Waals surface area contributed by atoms with Crippen molar-refractivity contribution in [2.75, 3.05) is 0 Å². The molecule has 0 nitrogen and oxygen atoms in total. The molecule has 44 valence electrons. The average molecular weight is 186 g/mol. The first kappa shape index (κ1) is 10.7. The van der Waals surface area contributed by atoms with E-state index in [0.717, 1.165) is 0 Å².